The molecule has 0 N–H and O–H groups in total. The molecule has 0 bridgehead atoms. The Morgan fingerprint density at radius 1 is 1.45 bits per heavy atom. The molecule has 1 aliphatic carbocycles. The summed E-state index contributed by atoms with van der Waals surface area (Å²) >= 11 is 0. The predicted octanol–water partition coefficient (Wildman–Crippen LogP) is 2.13. The molecule has 1 saturated heterocycles. The summed E-state index contributed by atoms with van der Waals surface area (Å²) in [6.45, 7) is 7.44. The molecule has 0 spiro atoms. The topological polar surface area (TPSA) is 3.24 Å². The maximum Gasteiger partial charge on any atom is 0.0131 e. The van der Waals surface area contributed by atoms with E-state index in [1.807, 2.05) is 0 Å². The third kappa shape index (κ3) is 1.31. The van der Waals surface area contributed by atoms with Gasteiger partial charge in [-0.15, -0.1) is 0 Å². The van der Waals surface area contributed by atoms with Crippen molar-refractivity contribution in [3.05, 3.63) is 0 Å². The van der Waals surface area contributed by atoms with Crippen LogP contribution in [0.3, 0.4) is 0 Å². The molecule has 1 aliphatic heterocycles. The van der Waals surface area contributed by atoms with Crippen molar-refractivity contribution < 1.29 is 0 Å². The van der Waals surface area contributed by atoms with Crippen molar-refractivity contribution in [2.24, 2.45) is 11.8 Å². The van der Waals surface area contributed by atoms with Crippen molar-refractivity contribution in [3.63, 3.8) is 0 Å². The first-order valence-electron chi connectivity index (χ1n) is 5.07. The number of piperidine rings is 1. The van der Waals surface area contributed by atoms with Crippen LogP contribution >= 0.6 is 0 Å². The van der Waals surface area contributed by atoms with Gasteiger partial charge in [-0.05, 0) is 31.2 Å². The highest BCUT2D eigenvalue weighted by Gasteiger charge is 2.50. The fourth-order valence-electron chi connectivity index (χ4n) is 2.49. The van der Waals surface area contributed by atoms with Crippen molar-refractivity contribution in [2.45, 2.75) is 39.2 Å². The molecule has 2 rings (SSSR count). The summed E-state index contributed by atoms with van der Waals surface area (Å²) in [4.78, 5) is 2.71. The molecule has 3 atom stereocenters. The van der Waals surface area contributed by atoms with Crippen LogP contribution in [0.4, 0.5) is 0 Å². The van der Waals surface area contributed by atoms with Gasteiger partial charge in [0.2, 0.25) is 0 Å². The Morgan fingerprint density at radius 3 is 2.73 bits per heavy atom. The van der Waals surface area contributed by atoms with Crippen molar-refractivity contribution in [1.29, 1.82) is 0 Å². The first-order valence-corrected chi connectivity index (χ1v) is 5.07. The molecule has 11 heavy (non-hydrogen) atoms. The van der Waals surface area contributed by atoms with Crippen molar-refractivity contribution in [3.8, 4) is 0 Å². The second-order valence-corrected chi connectivity index (χ2v) is 4.29. The summed E-state index contributed by atoms with van der Waals surface area (Å²) in [5, 5.41) is 0. The molecular weight excluding hydrogens is 134 g/mol. The Labute approximate surface area is 69.8 Å². The van der Waals surface area contributed by atoms with Crippen LogP contribution in [0.15, 0.2) is 0 Å². The lowest BCUT2D eigenvalue weighted by Gasteiger charge is -2.18. The lowest BCUT2D eigenvalue weighted by Crippen LogP contribution is -2.25. The minimum absolute atomic E-state index is 0.997. The third-order valence-electron chi connectivity index (χ3n) is 3.33. The summed E-state index contributed by atoms with van der Waals surface area (Å²) in [6.07, 6.45) is 4.25. The fourth-order valence-corrected chi connectivity index (χ4v) is 2.49. The quantitative estimate of drug-likeness (QED) is 0.600. The number of rotatable bonds is 3. The van der Waals surface area contributed by atoms with E-state index in [2.05, 4.69) is 18.7 Å². The average Bonchev–Trinajstić information content (AvgIpc) is 2.71. The summed E-state index contributed by atoms with van der Waals surface area (Å²) in [7, 11) is 0. The van der Waals surface area contributed by atoms with Crippen LogP contribution in [-0.4, -0.2) is 24.0 Å². The van der Waals surface area contributed by atoms with Crippen molar-refractivity contribution in [2.75, 3.05) is 13.1 Å². The van der Waals surface area contributed by atoms with Gasteiger partial charge in [-0.1, -0.05) is 20.3 Å². The van der Waals surface area contributed by atoms with Crippen LogP contribution < -0.4 is 0 Å². The summed E-state index contributed by atoms with van der Waals surface area (Å²) < 4.78 is 0. The van der Waals surface area contributed by atoms with Crippen LogP contribution in [0, 0.1) is 11.8 Å². The van der Waals surface area contributed by atoms with E-state index in [0.29, 0.717) is 0 Å². The zero-order valence-electron chi connectivity index (χ0n) is 7.71. The molecule has 0 aromatic heterocycles. The van der Waals surface area contributed by atoms with E-state index in [9.17, 15) is 0 Å². The van der Waals surface area contributed by atoms with Gasteiger partial charge in [0.05, 0.1) is 0 Å². The Kier molecular flexibility index (Phi) is 1.92. The van der Waals surface area contributed by atoms with E-state index in [0.717, 1.165) is 17.9 Å². The summed E-state index contributed by atoms with van der Waals surface area (Å²) in [6, 6.07) is 1.01. The van der Waals surface area contributed by atoms with Gasteiger partial charge in [-0.2, -0.15) is 0 Å². The highest BCUT2D eigenvalue weighted by atomic mass is 15.2. The molecule has 64 valence electrons. The molecule has 0 amide bonds. The van der Waals surface area contributed by atoms with Gasteiger partial charge in [-0.25, -0.2) is 0 Å². The van der Waals surface area contributed by atoms with Gasteiger partial charge < -0.3 is 0 Å². The number of unbranched alkanes of at least 4 members (excludes halogenated alkanes) is 1. The lowest BCUT2D eigenvalue weighted by atomic mass is 10.1. The van der Waals surface area contributed by atoms with E-state index in [-0.39, 0.29) is 0 Å². The predicted molar refractivity (Wildman–Crippen MR) is 47.5 cm³/mol. The fraction of sp³-hybridized carbons (Fsp3) is 1.00. The molecule has 2 unspecified atom stereocenters. The van der Waals surface area contributed by atoms with Gasteiger partial charge in [0, 0.05) is 12.6 Å². The molecule has 1 heterocycles. The SMILES string of the molecule is CCCCN1C[C@@H](C)C2CC21. The van der Waals surface area contributed by atoms with Crippen LogP contribution in [0.2, 0.25) is 0 Å². The molecule has 2 aliphatic rings. The first kappa shape index (κ1) is 7.60. The maximum absolute atomic E-state index is 2.71. The highest BCUT2D eigenvalue weighted by Crippen LogP contribution is 2.47. The third-order valence-corrected chi connectivity index (χ3v) is 3.33. The Balaban J connectivity index is 1.78. The zero-order chi connectivity index (χ0) is 7.84. The van der Waals surface area contributed by atoms with E-state index in [4.69, 9.17) is 0 Å². The number of likely N-dealkylation sites (tertiary alicyclic amines) is 1. The largest absolute Gasteiger partial charge is 0.300 e. The van der Waals surface area contributed by atoms with Crippen molar-refractivity contribution in [1.82, 2.24) is 4.90 Å². The van der Waals surface area contributed by atoms with E-state index >= 15 is 0 Å². The van der Waals surface area contributed by atoms with E-state index < -0.39 is 0 Å². The zero-order valence-corrected chi connectivity index (χ0v) is 7.71. The first-order chi connectivity index (χ1) is 5.33. The van der Waals surface area contributed by atoms with Crippen LogP contribution in [0.1, 0.15) is 33.1 Å². The summed E-state index contributed by atoms with van der Waals surface area (Å²) in [5.41, 5.74) is 0. The van der Waals surface area contributed by atoms with Gasteiger partial charge in [0.15, 0.2) is 0 Å². The number of fused-ring (bicyclic) bond motifs is 1. The second-order valence-electron chi connectivity index (χ2n) is 4.29. The molecule has 0 aromatic carbocycles. The Hall–Kier alpha value is -0.0400. The van der Waals surface area contributed by atoms with Gasteiger partial charge in [0.25, 0.3) is 0 Å². The van der Waals surface area contributed by atoms with Crippen LogP contribution in [-0.2, 0) is 0 Å². The lowest BCUT2D eigenvalue weighted by molar-refractivity contribution is 0.278. The Bertz CT molecular complexity index is 144. The number of hydrogen-bond acceptors (Lipinski definition) is 1. The molecule has 1 heteroatoms. The molecule has 0 radical (unpaired) electrons. The molecule has 2 fully saturated rings. The van der Waals surface area contributed by atoms with Crippen LogP contribution in [0.5, 0.6) is 0 Å². The molecule has 1 saturated carbocycles. The molecule has 0 aromatic rings. The Morgan fingerprint density at radius 2 is 2.27 bits per heavy atom. The average molecular weight is 153 g/mol. The molecule has 1 nitrogen and oxygen atoms in total. The van der Waals surface area contributed by atoms with Gasteiger partial charge in [0.1, 0.15) is 0 Å². The highest BCUT2D eigenvalue weighted by molar-refractivity contribution is 5.04. The second kappa shape index (κ2) is 2.78. The standard InChI is InChI=1S/C10H19N/c1-3-4-5-11-7-8(2)9-6-10(9)11/h8-10H,3-7H2,1-2H3/t8-,9?,10?/m1/s1. The number of nitrogens with zero attached hydrogens (tertiary/aromatic N) is 1. The van der Waals surface area contributed by atoms with Gasteiger partial charge >= 0.3 is 0 Å². The maximum atomic E-state index is 2.71. The summed E-state index contributed by atoms with van der Waals surface area (Å²) in [5.74, 6) is 2.09. The number of hydrogen-bond donors (Lipinski definition) is 0. The monoisotopic (exact) mass is 153 g/mol. The minimum Gasteiger partial charge on any atom is -0.300 e. The van der Waals surface area contributed by atoms with Crippen LogP contribution in [0.25, 0.3) is 0 Å². The normalized spacial score (nSPS) is 42.5. The smallest absolute Gasteiger partial charge is 0.0131 e. The van der Waals surface area contributed by atoms with Crippen molar-refractivity contribution >= 4 is 0 Å². The van der Waals surface area contributed by atoms with E-state index in [1.54, 1.807) is 0 Å². The molecular formula is C10H19N. The van der Waals surface area contributed by atoms with Gasteiger partial charge in [-0.3, -0.25) is 4.90 Å². The van der Waals surface area contributed by atoms with E-state index in [1.165, 1.54) is 32.4 Å². The minimum atomic E-state index is 0.997.